The van der Waals surface area contributed by atoms with Crippen LogP contribution < -0.4 is 5.32 Å². The minimum Gasteiger partial charge on any atom is -0.462 e. The molecule has 0 saturated heterocycles. The monoisotopic (exact) mass is 382 g/mol. The van der Waals surface area contributed by atoms with Gasteiger partial charge in [-0.05, 0) is 37.3 Å². The SMILES string of the molecule is CCOC(=O)c1ccccc1C(=O)Nc1ccc(C#N)c(S(F)(F)F)c1. The van der Waals surface area contributed by atoms with Crippen LogP contribution in [0, 0.1) is 11.3 Å². The summed E-state index contributed by atoms with van der Waals surface area (Å²) in [5.74, 6) is -1.47. The Balaban J connectivity index is 2.35. The number of amides is 1. The highest BCUT2D eigenvalue weighted by atomic mass is 32.3. The summed E-state index contributed by atoms with van der Waals surface area (Å²) in [5, 5.41) is 11.1. The van der Waals surface area contributed by atoms with Gasteiger partial charge in [-0.1, -0.05) is 12.1 Å². The van der Waals surface area contributed by atoms with Crippen molar-refractivity contribution in [2.24, 2.45) is 0 Å². The number of carbonyl (C=O) groups excluding carboxylic acids is 2. The molecule has 1 N–H and O–H groups in total. The zero-order chi connectivity index (χ0) is 19.3. The lowest BCUT2D eigenvalue weighted by Gasteiger charge is -2.14. The summed E-state index contributed by atoms with van der Waals surface area (Å²) in [6.07, 6.45) is 0. The third kappa shape index (κ3) is 4.34. The molecule has 136 valence electrons. The van der Waals surface area contributed by atoms with E-state index in [1.807, 2.05) is 0 Å². The van der Waals surface area contributed by atoms with E-state index >= 15 is 0 Å². The van der Waals surface area contributed by atoms with Crippen LogP contribution in [0.2, 0.25) is 0 Å². The summed E-state index contributed by atoms with van der Waals surface area (Å²) in [6, 6.07) is 10.2. The van der Waals surface area contributed by atoms with E-state index in [-0.39, 0.29) is 23.4 Å². The van der Waals surface area contributed by atoms with E-state index in [9.17, 15) is 21.2 Å². The van der Waals surface area contributed by atoms with Crippen molar-refractivity contribution >= 4 is 28.7 Å². The zero-order valence-electron chi connectivity index (χ0n) is 13.5. The number of hydrogen-bond acceptors (Lipinski definition) is 4. The van der Waals surface area contributed by atoms with Gasteiger partial charge in [-0.25, -0.2) is 4.79 Å². The smallest absolute Gasteiger partial charge is 0.338 e. The highest BCUT2D eigenvalue weighted by Gasteiger charge is 2.28. The van der Waals surface area contributed by atoms with E-state index in [2.05, 4.69) is 5.32 Å². The molecule has 0 aliphatic carbocycles. The van der Waals surface area contributed by atoms with Gasteiger partial charge in [0.1, 0.15) is 6.07 Å². The Morgan fingerprint density at radius 3 is 2.38 bits per heavy atom. The first-order valence-electron chi connectivity index (χ1n) is 7.31. The molecule has 0 aliphatic rings. The molecule has 9 heteroatoms. The van der Waals surface area contributed by atoms with Gasteiger partial charge in [0.25, 0.3) is 5.91 Å². The summed E-state index contributed by atoms with van der Waals surface area (Å²) >= 11 is -5.65. The van der Waals surface area contributed by atoms with Crippen molar-refractivity contribution in [3.8, 4) is 6.07 Å². The van der Waals surface area contributed by atoms with Crippen LogP contribution in [0.15, 0.2) is 47.4 Å². The number of nitriles is 1. The summed E-state index contributed by atoms with van der Waals surface area (Å²) < 4.78 is 44.1. The molecule has 0 aromatic heterocycles. The number of benzene rings is 2. The van der Waals surface area contributed by atoms with E-state index in [1.165, 1.54) is 36.4 Å². The van der Waals surface area contributed by atoms with Crippen LogP contribution in [-0.2, 0) is 4.74 Å². The van der Waals surface area contributed by atoms with Gasteiger partial charge in [0.05, 0.1) is 28.2 Å². The fraction of sp³-hybridized carbons (Fsp3) is 0.118. The molecule has 5 nitrogen and oxygen atoms in total. The third-order valence-electron chi connectivity index (χ3n) is 3.28. The van der Waals surface area contributed by atoms with Crippen LogP contribution in [0.3, 0.4) is 0 Å². The molecule has 0 fully saturated rings. The van der Waals surface area contributed by atoms with Crippen molar-refractivity contribution in [1.82, 2.24) is 0 Å². The maximum absolute atomic E-state index is 13.1. The van der Waals surface area contributed by atoms with Gasteiger partial charge in [-0.3, -0.25) is 4.79 Å². The largest absolute Gasteiger partial charge is 0.462 e. The van der Waals surface area contributed by atoms with Crippen molar-refractivity contribution < 1.29 is 26.0 Å². The summed E-state index contributed by atoms with van der Waals surface area (Å²) in [6.45, 7) is 1.72. The van der Waals surface area contributed by atoms with Crippen molar-refractivity contribution in [1.29, 1.82) is 5.26 Å². The van der Waals surface area contributed by atoms with Gasteiger partial charge in [0.15, 0.2) is 0 Å². The molecule has 26 heavy (non-hydrogen) atoms. The highest BCUT2D eigenvalue weighted by Crippen LogP contribution is 2.62. The molecule has 0 aliphatic heterocycles. The summed E-state index contributed by atoms with van der Waals surface area (Å²) in [7, 11) is 0. The van der Waals surface area contributed by atoms with Crippen LogP contribution >= 0.6 is 11.2 Å². The van der Waals surface area contributed by atoms with Gasteiger partial charge in [0, 0.05) is 5.69 Å². The lowest BCUT2D eigenvalue weighted by Crippen LogP contribution is -2.17. The molecular formula is C17H13F3N2O3S. The maximum atomic E-state index is 13.1. The minimum absolute atomic E-state index is 0.00200. The van der Waals surface area contributed by atoms with E-state index in [1.54, 1.807) is 6.92 Å². The molecule has 0 unspecified atom stereocenters. The second-order valence-electron chi connectivity index (χ2n) is 4.95. The molecule has 2 aromatic carbocycles. The first-order chi connectivity index (χ1) is 12.3. The molecule has 0 spiro atoms. The number of rotatable bonds is 5. The van der Waals surface area contributed by atoms with Gasteiger partial charge < -0.3 is 10.1 Å². The number of nitrogens with zero attached hydrogens (tertiary/aromatic N) is 1. The van der Waals surface area contributed by atoms with Gasteiger partial charge >= 0.3 is 5.97 Å². The number of ether oxygens (including phenoxy) is 1. The van der Waals surface area contributed by atoms with E-state index in [4.69, 9.17) is 10.00 Å². The maximum Gasteiger partial charge on any atom is 0.338 e. The number of halogens is 3. The van der Waals surface area contributed by atoms with Crippen molar-refractivity contribution in [3.63, 3.8) is 0 Å². The van der Waals surface area contributed by atoms with E-state index in [0.717, 1.165) is 6.07 Å². The molecule has 2 aromatic rings. The van der Waals surface area contributed by atoms with Crippen molar-refractivity contribution in [3.05, 3.63) is 59.2 Å². The fourth-order valence-corrected chi connectivity index (χ4v) is 2.77. The average Bonchev–Trinajstić information content (AvgIpc) is 2.61. The summed E-state index contributed by atoms with van der Waals surface area (Å²) in [5.41, 5.74) is -0.678. The van der Waals surface area contributed by atoms with Crippen LogP contribution in [0.1, 0.15) is 33.2 Å². The fourth-order valence-electron chi connectivity index (χ4n) is 2.15. The molecule has 0 radical (unpaired) electrons. The molecule has 2 rings (SSSR count). The van der Waals surface area contributed by atoms with Gasteiger partial charge in [-0.15, -0.1) is 11.7 Å². The lowest BCUT2D eigenvalue weighted by atomic mass is 10.1. The second-order valence-corrected chi connectivity index (χ2v) is 6.20. The third-order valence-corrected chi connectivity index (χ3v) is 4.11. The van der Waals surface area contributed by atoms with Crippen molar-refractivity contribution in [2.45, 2.75) is 11.8 Å². The number of nitrogens with one attached hydrogen (secondary N) is 1. The second kappa shape index (κ2) is 7.93. The molecular weight excluding hydrogens is 369 g/mol. The van der Waals surface area contributed by atoms with Gasteiger partial charge in [-0.2, -0.15) is 5.26 Å². The Kier molecular flexibility index (Phi) is 5.90. The molecule has 0 heterocycles. The molecule has 0 bridgehead atoms. The predicted octanol–water partition coefficient (Wildman–Crippen LogP) is 4.80. The minimum atomic E-state index is -5.65. The number of hydrogen-bond donors (Lipinski definition) is 1. The molecule has 1 amide bonds. The standard InChI is InChI=1S/C17H13F3N2O3S/c1-2-25-17(24)14-6-4-3-5-13(14)16(23)22-12-8-7-11(10-21)15(9-12)26(18,19)20/h3-9H,2H2,1H3,(H,22,23). The van der Waals surface area contributed by atoms with E-state index in [0.29, 0.717) is 6.07 Å². The summed E-state index contributed by atoms with van der Waals surface area (Å²) in [4.78, 5) is 23.2. The first-order valence-corrected chi connectivity index (χ1v) is 8.65. The van der Waals surface area contributed by atoms with Crippen molar-refractivity contribution in [2.75, 3.05) is 11.9 Å². The molecule has 0 saturated carbocycles. The van der Waals surface area contributed by atoms with Crippen LogP contribution in [0.4, 0.5) is 17.3 Å². The first kappa shape index (κ1) is 19.3. The lowest BCUT2D eigenvalue weighted by molar-refractivity contribution is 0.0523. The van der Waals surface area contributed by atoms with Crippen LogP contribution in [0.25, 0.3) is 0 Å². The zero-order valence-corrected chi connectivity index (χ0v) is 14.3. The van der Waals surface area contributed by atoms with Crippen LogP contribution in [0.5, 0.6) is 0 Å². The topological polar surface area (TPSA) is 79.2 Å². The Morgan fingerprint density at radius 1 is 1.15 bits per heavy atom. The number of anilines is 1. The Hall–Kier alpha value is -2.99. The van der Waals surface area contributed by atoms with E-state index < -0.39 is 33.5 Å². The molecule has 0 atom stereocenters. The Morgan fingerprint density at radius 2 is 1.81 bits per heavy atom. The quantitative estimate of drug-likeness (QED) is 0.753. The number of esters is 1. The Labute approximate surface area is 149 Å². The highest BCUT2D eigenvalue weighted by molar-refractivity contribution is 8.21. The number of carbonyl (C=O) groups is 2. The normalized spacial score (nSPS) is 11.3. The van der Waals surface area contributed by atoms with Crippen LogP contribution in [-0.4, -0.2) is 18.5 Å². The predicted molar refractivity (Wildman–Crippen MR) is 90.7 cm³/mol. The van der Waals surface area contributed by atoms with Gasteiger partial charge in [0.2, 0.25) is 11.2 Å². The average molecular weight is 382 g/mol. The Bertz CT molecular complexity index is 892.